The first-order chi connectivity index (χ1) is 14.3. The van der Waals surface area contributed by atoms with E-state index in [2.05, 4.69) is 15.4 Å². The van der Waals surface area contributed by atoms with E-state index in [1.807, 2.05) is 25.1 Å². The van der Waals surface area contributed by atoms with Gasteiger partial charge in [0.2, 0.25) is 5.91 Å². The van der Waals surface area contributed by atoms with Gasteiger partial charge in [-0.15, -0.1) is 0 Å². The second-order valence-electron chi connectivity index (χ2n) is 7.02. The Bertz CT molecular complexity index is 1270. The number of para-hydroxylation sites is 1. The molecule has 4 rings (SSSR count). The molecule has 3 aromatic rings. The van der Waals surface area contributed by atoms with E-state index in [0.717, 1.165) is 5.56 Å². The molecule has 3 N–H and O–H groups in total. The highest BCUT2D eigenvalue weighted by molar-refractivity contribution is 7.92. The molecule has 0 aliphatic carbocycles. The molecule has 8 heteroatoms. The third-order valence-corrected chi connectivity index (χ3v) is 6.07. The molecule has 0 fully saturated rings. The molecule has 1 heterocycles. The smallest absolute Gasteiger partial charge is 0.261 e. The zero-order chi connectivity index (χ0) is 21.3. The van der Waals surface area contributed by atoms with E-state index in [1.54, 1.807) is 30.3 Å². The Morgan fingerprint density at radius 1 is 1.00 bits per heavy atom. The number of hydrogen-bond donors (Lipinski definition) is 3. The normalized spacial score (nSPS) is 12.8. The van der Waals surface area contributed by atoms with Gasteiger partial charge in [-0.3, -0.25) is 14.3 Å². The van der Waals surface area contributed by atoms with Gasteiger partial charge in [-0.25, -0.2) is 8.42 Å². The van der Waals surface area contributed by atoms with E-state index in [4.69, 9.17) is 0 Å². The van der Waals surface area contributed by atoms with Crippen molar-refractivity contribution < 1.29 is 18.0 Å². The lowest BCUT2D eigenvalue weighted by Crippen LogP contribution is -2.18. The second-order valence-corrected chi connectivity index (χ2v) is 8.70. The van der Waals surface area contributed by atoms with Crippen molar-refractivity contribution in [1.29, 1.82) is 0 Å². The molecule has 30 heavy (non-hydrogen) atoms. The summed E-state index contributed by atoms with van der Waals surface area (Å²) in [6.07, 6.45) is 0.133. The molecule has 0 aromatic heterocycles. The van der Waals surface area contributed by atoms with Crippen LogP contribution in [0.2, 0.25) is 0 Å². The minimum atomic E-state index is -3.96. The highest BCUT2D eigenvalue weighted by atomic mass is 32.2. The number of anilines is 3. The van der Waals surface area contributed by atoms with Crippen molar-refractivity contribution in [3.63, 3.8) is 0 Å². The standard InChI is InChI=1S/C22H19N3O4S/c1-14-5-4-6-16(11-14)23-22(27)18-7-2-3-8-20(18)25-30(28,29)17-9-10-19-15(12-17)13-21(26)24-19/h2-12,25H,13H2,1H3,(H,23,27)(H,24,26). The maximum Gasteiger partial charge on any atom is 0.261 e. The molecule has 0 saturated heterocycles. The minimum Gasteiger partial charge on any atom is -0.326 e. The topological polar surface area (TPSA) is 104 Å². The SMILES string of the molecule is Cc1cccc(NC(=O)c2ccccc2NS(=O)(=O)c2ccc3c(c2)CC(=O)N3)c1. The Morgan fingerprint density at radius 2 is 1.80 bits per heavy atom. The second kappa shape index (κ2) is 7.64. The Labute approximate surface area is 174 Å². The predicted molar refractivity (Wildman–Crippen MR) is 115 cm³/mol. The lowest BCUT2D eigenvalue weighted by atomic mass is 10.1. The van der Waals surface area contributed by atoms with Crippen LogP contribution in [0.3, 0.4) is 0 Å². The summed E-state index contributed by atoms with van der Waals surface area (Å²) < 4.78 is 28.3. The van der Waals surface area contributed by atoms with Crippen LogP contribution in [0, 0.1) is 6.92 Å². The number of carbonyl (C=O) groups is 2. The Morgan fingerprint density at radius 3 is 2.60 bits per heavy atom. The number of fused-ring (bicyclic) bond motifs is 1. The molecule has 1 aliphatic heterocycles. The van der Waals surface area contributed by atoms with Crippen LogP contribution in [-0.4, -0.2) is 20.2 Å². The van der Waals surface area contributed by atoms with Crippen LogP contribution < -0.4 is 15.4 Å². The number of rotatable bonds is 5. The predicted octanol–water partition coefficient (Wildman–Crippen LogP) is 3.54. The average molecular weight is 421 g/mol. The number of aryl methyl sites for hydroxylation is 1. The lowest BCUT2D eigenvalue weighted by molar-refractivity contribution is -0.115. The minimum absolute atomic E-state index is 0.0200. The zero-order valence-electron chi connectivity index (χ0n) is 16.1. The van der Waals surface area contributed by atoms with E-state index >= 15 is 0 Å². The van der Waals surface area contributed by atoms with Crippen LogP contribution in [-0.2, 0) is 21.2 Å². The van der Waals surface area contributed by atoms with Gasteiger partial charge in [-0.2, -0.15) is 0 Å². The largest absolute Gasteiger partial charge is 0.326 e. The first-order valence-corrected chi connectivity index (χ1v) is 10.7. The third-order valence-electron chi connectivity index (χ3n) is 4.70. The maximum absolute atomic E-state index is 12.9. The Kier molecular flexibility index (Phi) is 5.01. The van der Waals surface area contributed by atoms with Gasteiger partial charge in [-0.05, 0) is 60.5 Å². The van der Waals surface area contributed by atoms with Crippen molar-refractivity contribution in [2.24, 2.45) is 0 Å². The van der Waals surface area contributed by atoms with Crippen molar-refractivity contribution in [1.82, 2.24) is 0 Å². The summed E-state index contributed by atoms with van der Waals surface area (Å²) in [5.41, 5.74) is 3.20. The number of carbonyl (C=O) groups excluding carboxylic acids is 2. The van der Waals surface area contributed by atoms with Crippen LogP contribution in [0.25, 0.3) is 0 Å². The molecule has 0 saturated carbocycles. The fourth-order valence-electron chi connectivity index (χ4n) is 3.27. The quantitative estimate of drug-likeness (QED) is 0.586. The summed E-state index contributed by atoms with van der Waals surface area (Å²) in [6.45, 7) is 1.91. The van der Waals surface area contributed by atoms with E-state index in [1.165, 1.54) is 18.2 Å². The van der Waals surface area contributed by atoms with Crippen LogP contribution in [0.1, 0.15) is 21.5 Å². The van der Waals surface area contributed by atoms with Crippen molar-refractivity contribution in [2.45, 2.75) is 18.2 Å². The number of hydrogen-bond acceptors (Lipinski definition) is 4. The first kappa shape index (κ1) is 19.7. The van der Waals surface area contributed by atoms with Gasteiger partial charge in [0.25, 0.3) is 15.9 Å². The van der Waals surface area contributed by atoms with E-state index < -0.39 is 15.9 Å². The monoisotopic (exact) mass is 421 g/mol. The van der Waals surface area contributed by atoms with Crippen LogP contribution in [0.5, 0.6) is 0 Å². The average Bonchev–Trinajstić information content (AvgIpc) is 3.07. The van der Waals surface area contributed by atoms with Crippen LogP contribution in [0.4, 0.5) is 17.1 Å². The van der Waals surface area contributed by atoms with Gasteiger partial charge in [0.1, 0.15) is 0 Å². The molecular weight excluding hydrogens is 402 g/mol. The first-order valence-electron chi connectivity index (χ1n) is 9.24. The van der Waals surface area contributed by atoms with E-state index in [9.17, 15) is 18.0 Å². The zero-order valence-corrected chi connectivity index (χ0v) is 16.9. The highest BCUT2D eigenvalue weighted by Crippen LogP contribution is 2.27. The molecule has 152 valence electrons. The number of benzene rings is 3. The molecule has 0 atom stereocenters. The van der Waals surface area contributed by atoms with Crippen molar-refractivity contribution in [2.75, 3.05) is 15.4 Å². The number of amides is 2. The van der Waals surface area contributed by atoms with Crippen molar-refractivity contribution >= 4 is 38.9 Å². The summed E-state index contributed by atoms with van der Waals surface area (Å²) in [4.78, 5) is 24.3. The van der Waals surface area contributed by atoms with Gasteiger partial charge >= 0.3 is 0 Å². The van der Waals surface area contributed by atoms with Gasteiger partial charge in [0, 0.05) is 11.4 Å². The van der Waals surface area contributed by atoms with E-state index in [-0.39, 0.29) is 28.5 Å². The van der Waals surface area contributed by atoms with Crippen molar-refractivity contribution in [3.8, 4) is 0 Å². The van der Waals surface area contributed by atoms with Gasteiger partial charge in [0.15, 0.2) is 0 Å². The molecule has 0 unspecified atom stereocenters. The summed E-state index contributed by atoms with van der Waals surface area (Å²) >= 11 is 0. The van der Waals surface area contributed by atoms with E-state index in [0.29, 0.717) is 16.9 Å². The molecule has 0 spiro atoms. The third kappa shape index (κ3) is 4.04. The van der Waals surface area contributed by atoms with Crippen LogP contribution in [0.15, 0.2) is 71.6 Å². The summed E-state index contributed by atoms with van der Waals surface area (Å²) in [5.74, 6) is -0.603. The molecule has 0 bridgehead atoms. The Balaban J connectivity index is 1.60. The number of nitrogens with one attached hydrogen (secondary N) is 3. The maximum atomic E-state index is 12.9. The molecule has 3 aromatic carbocycles. The molecule has 1 aliphatic rings. The summed E-state index contributed by atoms with van der Waals surface area (Å²) in [5, 5.41) is 5.45. The number of sulfonamides is 1. The summed E-state index contributed by atoms with van der Waals surface area (Å²) in [6, 6.07) is 18.2. The molecule has 0 radical (unpaired) electrons. The highest BCUT2D eigenvalue weighted by Gasteiger charge is 2.23. The molecule has 2 amide bonds. The fourth-order valence-corrected chi connectivity index (χ4v) is 4.40. The van der Waals surface area contributed by atoms with Gasteiger partial charge in [-0.1, -0.05) is 24.3 Å². The van der Waals surface area contributed by atoms with Gasteiger partial charge < -0.3 is 10.6 Å². The molecule has 7 nitrogen and oxygen atoms in total. The summed E-state index contributed by atoms with van der Waals surface area (Å²) in [7, 11) is -3.96. The molecular formula is C22H19N3O4S. The lowest BCUT2D eigenvalue weighted by Gasteiger charge is -2.13. The fraction of sp³-hybridized carbons (Fsp3) is 0.0909. The van der Waals surface area contributed by atoms with Crippen molar-refractivity contribution in [3.05, 3.63) is 83.4 Å². The Hall–Kier alpha value is -3.65. The van der Waals surface area contributed by atoms with Gasteiger partial charge in [0.05, 0.1) is 22.6 Å². The van der Waals surface area contributed by atoms with Crippen LogP contribution >= 0.6 is 0 Å².